The van der Waals surface area contributed by atoms with Crippen LogP contribution in [0.1, 0.15) is 15.9 Å². The van der Waals surface area contributed by atoms with Crippen LogP contribution in [0.4, 0.5) is 5.69 Å². The smallest absolute Gasteiger partial charge is 0.343 e. The van der Waals surface area contributed by atoms with Crippen molar-refractivity contribution in [1.82, 2.24) is 9.55 Å². The first kappa shape index (κ1) is 28.2. The molecule has 0 aliphatic carbocycles. The zero-order valence-electron chi connectivity index (χ0n) is 22.6. The zero-order valence-corrected chi connectivity index (χ0v) is 24.1. The number of esters is 1. The molecule has 0 fully saturated rings. The topological polar surface area (TPSA) is 81.5 Å². The number of anilines is 1. The molecule has 212 valence electrons. The number of amides is 1. The van der Waals surface area contributed by atoms with Gasteiger partial charge in [-0.15, -0.1) is 0 Å². The van der Waals surface area contributed by atoms with Crippen molar-refractivity contribution >= 4 is 62.4 Å². The van der Waals surface area contributed by atoms with Crippen LogP contribution in [0.2, 0.25) is 10.0 Å². The Morgan fingerprint density at radius 2 is 1.51 bits per heavy atom. The molecule has 0 bridgehead atoms. The largest absolute Gasteiger partial charge is 0.423 e. The first-order chi connectivity index (χ1) is 20.9. The monoisotopic (exact) mass is 607 g/mol. The van der Waals surface area contributed by atoms with Crippen molar-refractivity contribution in [2.75, 3.05) is 4.90 Å². The summed E-state index contributed by atoms with van der Waals surface area (Å²) < 4.78 is 7.08. The summed E-state index contributed by atoms with van der Waals surface area (Å²) in [5.74, 6) is -0.690. The van der Waals surface area contributed by atoms with Gasteiger partial charge in [0, 0.05) is 10.9 Å². The molecule has 1 amide bonds. The van der Waals surface area contributed by atoms with Gasteiger partial charge in [-0.2, -0.15) is 0 Å². The minimum atomic E-state index is -0.622. The minimum absolute atomic E-state index is 0.0629. The number of para-hydroxylation sites is 2. The fourth-order valence-corrected chi connectivity index (χ4v) is 5.19. The molecule has 0 unspecified atom stereocenters. The number of fused-ring (bicyclic) bond motifs is 2. The van der Waals surface area contributed by atoms with E-state index in [1.54, 1.807) is 53.4 Å². The van der Waals surface area contributed by atoms with Crippen molar-refractivity contribution in [2.45, 2.75) is 13.1 Å². The maximum Gasteiger partial charge on any atom is 0.343 e. The van der Waals surface area contributed by atoms with E-state index in [1.807, 2.05) is 42.5 Å². The Kier molecular flexibility index (Phi) is 7.92. The number of halogens is 2. The molecule has 43 heavy (non-hydrogen) atoms. The summed E-state index contributed by atoms with van der Waals surface area (Å²) in [5.41, 5.74) is 1.71. The van der Waals surface area contributed by atoms with Crippen LogP contribution in [0, 0.1) is 0 Å². The van der Waals surface area contributed by atoms with E-state index in [-0.39, 0.29) is 40.9 Å². The third-order valence-electron chi connectivity index (χ3n) is 7.05. The molecule has 0 atom stereocenters. The molecule has 0 N–H and O–H groups in total. The molecule has 6 aromatic rings. The molecular formula is C34H23Cl2N3O4. The van der Waals surface area contributed by atoms with E-state index in [4.69, 9.17) is 27.9 Å². The Labute approximate surface area is 256 Å². The van der Waals surface area contributed by atoms with E-state index in [2.05, 4.69) is 4.98 Å². The van der Waals surface area contributed by atoms with E-state index in [0.29, 0.717) is 27.2 Å². The van der Waals surface area contributed by atoms with E-state index in [1.165, 1.54) is 29.1 Å². The highest BCUT2D eigenvalue weighted by molar-refractivity contribution is 6.42. The zero-order chi connectivity index (χ0) is 29.9. The number of rotatable bonds is 7. The molecule has 0 aliphatic rings. The maximum absolute atomic E-state index is 14.1. The average Bonchev–Trinajstić information content (AvgIpc) is 3.03. The predicted octanol–water partition coefficient (Wildman–Crippen LogP) is 7.31. The summed E-state index contributed by atoms with van der Waals surface area (Å²) in [6, 6.07) is 31.9. The number of carbonyl (C=O) groups is 2. The number of benzene rings is 5. The number of nitrogens with zero attached hydrogens (tertiary/aromatic N) is 3. The first-order valence-electron chi connectivity index (χ1n) is 13.4. The molecule has 5 aromatic carbocycles. The van der Waals surface area contributed by atoms with Gasteiger partial charge in [0.05, 0.1) is 45.1 Å². The number of hydrogen-bond acceptors (Lipinski definition) is 5. The van der Waals surface area contributed by atoms with Crippen LogP contribution in [0.15, 0.2) is 120 Å². The van der Waals surface area contributed by atoms with Crippen molar-refractivity contribution in [2.24, 2.45) is 0 Å². The highest BCUT2D eigenvalue weighted by Gasteiger charge is 2.22. The Morgan fingerprint density at radius 3 is 2.35 bits per heavy atom. The summed E-state index contributed by atoms with van der Waals surface area (Å²) in [6.07, 6.45) is 1.39. The normalized spacial score (nSPS) is 11.0. The lowest BCUT2D eigenvalue weighted by atomic mass is 10.1. The Hall–Kier alpha value is -4.98. The van der Waals surface area contributed by atoms with Gasteiger partial charge in [0.2, 0.25) is 5.91 Å². The fourth-order valence-electron chi connectivity index (χ4n) is 4.89. The van der Waals surface area contributed by atoms with Gasteiger partial charge in [-0.05, 0) is 47.9 Å². The third-order valence-corrected chi connectivity index (χ3v) is 7.79. The second-order valence-electron chi connectivity index (χ2n) is 9.80. The summed E-state index contributed by atoms with van der Waals surface area (Å²) >= 11 is 12.1. The molecule has 7 nitrogen and oxygen atoms in total. The predicted molar refractivity (Wildman–Crippen MR) is 169 cm³/mol. The van der Waals surface area contributed by atoms with Crippen LogP contribution < -0.4 is 15.2 Å². The minimum Gasteiger partial charge on any atom is -0.423 e. The van der Waals surface area contributed by atoms with Crippen molar-refractivity contribution < 1.29 is 14.3 Å². The Bertz CT molecular complexity index is 2070. The van der Waals surface area contributed by atoms with Crippen molar-refractivity contribution in [1.29, 1.82) is 0 Å². The third kappa shape index (κ3) is 5.86. The lowest BCUT2D eigenvalue weighted by Gasteiger charge is -2.26. The standard InChI is InChI=1S/C34H23Cl2N3O4/c35-27-17-16-23(18-28(27)36)34(42)43-31-15-6-2-9-24(31)19-39(30-14-7-10-22-8-1-3-11-25(22)30)32(40)20-38-21-37-29-13-5-4-12-26(29)33(38)41/h1-18,21H,19-20H2. The highest BCUT2D eigenvalue weighted by Crippen LogP contribution is 2.31. The van der Waals surface area contributed by atoms with Crippen molar-refractivity contribution in [3.8, 4) is 5.75 Å². The lowest BCUT2D eigenvalue weighted by molar-refractivity contribution is -0.119. The van der Waals surface area contributed by atoms with Gasteiger partial charge in [-0.3, -0.25) is 14.2 Å². The van der Waals surface area contributed by atoms with E-state index in [9.17, 15) is 14.4 Å². The first-order valence-corrected chi connectivity index (χ1v) is 14.1. The van der Waals surface area contributed by atoms with E-state index in [0.717, 1.165) is 10.8 Å². The van der Waals surface area contributed by atoms with Gasteiger partial charge in [0.15, 0.2) is 0 Å². The Balaban J connectivity index is 1.38. The summed E-state index contributed by atoms with van der Waals surface area (Å²) in [6.45, 7) is -0.182. The molecule has 0 aliphatic heterocycles. The molecule has 6 rings (SSSR count). The van der Waals surface area contributed by atoms with E-state index >= 15 is 0 Å². The van der Waals surface area contributed by atoms with Gasteiger partial charge in [-0.25, -0.2) is 9.78 Å². The van der Waals surface area contributed by atoms with Crippen molar-refractivity contribution in [3.05, 3.63) is 147 Å². The molecule has 0 saturated heterocycles. The molecular weight excluding hydrogens is 585 g/mol. The van der Waals surface area contributed by atoms with Gasteiger partial charge in [0.25, 0.3) is 5.56 Å². The second-order valence-corrected chi connectivity index (χ2v) is 10.6. The molecule has 0 spiro atoms. The molecule has 9 heteroatoms. The number of ether oxygens (including phenoxy) is 1. The van der Waals surface area contributed by atoms with Gasteiger partial charge < -0.3 is 9.64 Å². The fraction of sp³-hybridized carbons (Fsp3) is 0.0588. The summed E-state index contributed by atoms with van der Waals surface area (Å²) in [4.78, 5) is 46.3. The lowest BCUT2D eigenvalue weighted by Crippen LogP contribution is -2.36. The highest BCUT2D eigenvalue weighted by atomic mass is 35.5. The van der Waals surface area contributed by atoms with Gasteiger partial charge >= 0.3 is 5.97 Å². The number of hydrogen-bond donors (Lipinski definition) is 0. The van der Waals surface area contributed by atoms with E-state index < -0.39 is 5.97 Å². The average molecular weight is 608 g/mol. The molecule has 1 aromatic heterocycles. The molecule has 1 heterocycles. The number of aromatic nitrogens is 2. The van der Waals surface area contributed by atoms with Crippen LogP contribution in [0.5, 0.6) is 5.75 Å². The van der Waals surface area contributed by atoms with Gasteiger partial charge in [-0.1, -0.05) is 89.9 Å². The van der Waals surface area contributed by atoms with Crippen LogP contribution in [-0.2, 0) is 17.9 Å². The maximum atomic E-state index is 14.1. The Morgan fingerprint density at radius 1 is 0.791 bits per heavy atom. The van der Waals surface area contributed by atoms with Crippen LogP contribution >= 0.6 is 23.2 Å². The quantitative estimate of drug-likeness (QED) is 0.140. The summed E-state index contributed by atoms with van der Waals surface area (Å²) in [5, 5.41) is 2.78. The summed E-state index contributed by atoms with van der Waals surface area (Å²) in [7, 11) is 0. The second kappa shape index (κ2) is 12.1. The SMILES string of the molecule is O=C(Oc1ccccc1CN(C(=O)Cn1cnc2ccccc2c1=O)c1cccc2ccccc12)c1ccc(Cl)c(Cl)c1. The number of carbonyl (C=O) groups excluding carboxylic acids is 2. The van der Waals surface area contributed by atoms with Crippen molar-refractivity contribution in [3.63, 3.8) is 0 Å². The van der Waals surface area contributed by atoms with Gasteiger partial charge in [0.1, 0.15) is 12.3 Å². The van der Waals surface area contributed by atoms with Crippen LogP contribution in [0.3, 0.4) is 0 Å². The van der Waals surface area contributed by atoms with Crippen LogP contribution in [0.25, 0.3) is 21.7 Å². The molecule has 0 radical (unpaired) electrons. The van der Waals surface area contributed by atoms with Crippen LogP contribution in [-0.4, -0.2) is 21.4 Å². The molecule has 0 saturated carbocycles.